The van der Waals surface area contributed by atoms with Gasteiger partial charge in [-0.2, -0.15) is 0 Å². The van der Waals surface area contributed by atoms with Gasteiger partial charge in [-0.3, -0.25) is 0 Å². The smallest absolute Gasteiger partial charge is 0.207 e. The molecule has 2 aromatic rings. The Balaban J connectivity index is 0. The highest BCUT2D eigenvalue weighted by atomic mass is 19.3. The molecule has 2 aromatic carbocycles. The van der Waals surface area contributed by atoms with Gasteiger partial charge in [-0.25, -0.2) is 17.6 Å². The number of hydrogen-bond donors (Lipinski definition) is 0. The van der Waals surface area contributed by atoms with Crippen LogP contribution < -0.4 is 0 Å². The Bertz CT molecular complexity index is 2170. The van der Waals surface area contributed by atoms with Crippen molar-refractivity contribution in [2.24, 2.45) is 78.3 Å². The summed E-state index contributed by atoms with van der Waals surface area (Å²) in [6.45, 7) is 62.0. The van der Waals surface area contributed by atoms with E-state index >= 15 is 0 Å². The SMILES string of the molecule is C.C.CC1(C)CCC(C)(C)CC1.CC1(C)CCC(F)(F)CC1.CC1(C)CCCCC1.CC1CC(C)(C)CC(C)(C)C1.CC1CCC(C)(C)CC1.CC1CCC(F)(F)CC1.CC1CCC2(CCCCC2)CC1.CC1CCCCC1.CCC(C)(C)CC.Cc1ccc(C)c(C)c1.Cc1ccccc1. The average Bonchev–Trinajstić information content (AvgIpc) is 0.833. The molecule has 0 saturated heterocycles. The van der Waals surface area contributed by atoms with E-state index in [1.807, 2.05) is 25.1 Å². The van der Waals surface area contributed by atoms with Crippen molar-refractivity contribution in [2.75, 3.05) is 0 Å². The van der Waals surface area contributed by atoms with E-state index in [0.717, 1.165) is 29.1 Å². The first-order chi connectivity index (χ1) is 45.5. The van der Waals surface area contributed by atoms with Crippen molar-refractivity contribution < 1.29 is 17.6 Å². The van der Waals surface area contributed by atoms with E-state index in [4.69, 9.17) is 0 Å². The Labute approximate surface area is 633 Å². The number of halogens is 4. The van der Waals surface area contributed by atoms with Crippen molar-refractivity contribution in [2.45, 2.75) is 470 Å². The van der Waals surface area contributed by atoms with Crippen LogP contribution in [0.25, 0.3) is 0 Å². The molecule has 0 nitrogen and oxygen atoms in total. The van der Waals surface area contributed by atoms with Crippen LogP contribution >= 0.6 is 0 Å². The fourth-order valence-electron chi connectivity index (χ4n) is 16.7. The topological polar surface area (TPSA) is 0 Å². The molecule has 0 aliphatic heterocycles. The third kappa shape index (κ3) is 51.2. The zero-order valence-corrected chi connectivity index (χ0v) is 71.8. The fraction of sp³-hybridized carbons (Fsp3) is 0.876. The van der Waals surface area contributed by atoms with E-state index in [2.05, 4.69) is 210 Å². The van der Waals surface area contributed by atoms with Crippen molar-refractivity contribution in [1.29, 1.82) is 0 Å². The summed E-state index contributed by atoms with van der Waals surface area (Å²) >= 11 is 0. The highest BCUT2D eigenvalue weighted by molar-refractivity contribution is 5.28. The zero-order chi connectivity index (χ0) is 75.6. The molecular formula is C97H182F4. The van der Waals surface area contributed by atoms with Gasteiger partial charge in [0, 0.05) is 25.7 Å². The van der Waals surface area contributed by atoms with Gasteiger partial charge in [0.25, 0.3) is 0 Å². The molecule has 0 radical (unpaired) electrons. The molecule has 598 valence electrons. The molecule has 9 saturated carbocycles. The van der Waals surface area contributed by atoms with Crippen molar-refractivity contribution >= 4 is 0 Å². The molecule has 0 N–H and O–H groups in total. The largest absolute Gasteiger partial charge is 0.248 e. The van der Waals surface area contributed by atoms with E-state index < -0.39 is 11.8 Å². The summed E-state index contributed by atoms with van der Waals surface area (Å²) in [5.74, 6) is -0.204. The van der Waals surface area contributed by atoms with Gasteiger partial charge < -0.3 is 0 Å². The van der Waals surface area contributed by atoms with E-state index in [-0.39, 0.29) is 46.0 Å². The maximum atomic E-state index is 12.5. The lowest BCUT2D eigenvalue weighted by Crippen LogP contribution is -2.32. The molecule has 0 aromatic heterocycles. The van der Waals surface area contributed by atoms with Gasteiger partial charge in [0.1, 0.15) is 0 Å². The van der Waals surface area contributed by atoms with Gasteiger partial charge in [0.05, 0.1) is 0 Å². The zero-order valence-electron chi connectivity index (χ0n) is 71.8. The minimum absolute atomic E-state index is 0. The Morgan fingerprint density at radius 3 is 0.901 bits per heavy atom. The second-order valence-electron chi connectivity index (χ2n) is 41.6. The molecule has 1 spiro atoms. The standard InChI is InChI=1S/C12H22.C11H22.C10H20.C9H18.C9H12.C8H14F2.C8H16.C7H12F2.C7H14.C7H8.C7H16.2CH4/c1-11-5-9-12(10-6-11)7-3-2-4-8-12;1-9-6-10(2,3)8-11(4,5)7-9;1-9(2)5-7-10(3,4)8-6-9;1-8-4-6-9(2,3)7-5-8;1-7-4-5-8(2)9(3)6-7;1-7(2)3-5-8(9,10)6-4-7;1-8(2)6-4-3-5-7-8;1-6-2-4-7(8,9)5-3-6;2*1-7-5-3-2-4-6-7;1-5-7(3,4)6-2;;/h11H,2-10H2,1H3;9H,6-8H2,1-5H3;5-8H2,1-4H3;8H,4-7H2,1-3H3;4-6H,1-3H3;3-6H2,1-2H3;3-7H2,1-2H3;6H,2-5H2,1H3;7H,2-6H2,1H3;2-6H,1H3;5-6H2,1-4H3;2*1H4. The Kier molecular flexibility index (Phi) is 48.0. The van der Waals surface area contributed by atoms with E-state index in [0.29, 0.717) is 69.5 Å². The minimum atomic E-state index is -2.37. The maximum absolute atomic E-state index is 12.5. The number of alkyl halides is 4. The Morgan fingerprint density at radius 1 is 0.317 bits per heavy atom. The van der Waals surface area contributed by atoms with Crippen molar-refractivity contribution in [3.63, 3.8) is 0 Å². The van der Waals surface area contributed by atoms with Crippen LogP contribution in [0, 0.1) is 106 Å². The van der Waals surface area contributed by atoms with Crippen LogP contribution in [0.1, 0.15) is 453 Å². The third-order valence-corrected chi connectivity index (χ3v) is 25.6. The molecule has 11 rings (SSSR count). The first-order valence-electron chi connectivity index (χ1n) is 42.3. The Morgan fingerprint density at radius 2 is 0.634 bits per heavy atom. The molecule has 9 aliphatic rings. The quantitative estimate of drug-likeness (QED) is 0.263. The molecule has 9 aliphatic carbocycles. The first kappa shape index (κ1) is 101. The van der Waals surface area contributed by atoms with Crippen LogP contribution in [-0.4, -0.2) is 11.8 Å². The monoisotopic (exact) mass is 1420 g/mol. The highest BCUT2D eigenvalue weighted by Crippen LogP contribution is 2.50. The number of rotatable bonds is 2. The third-order valence-electron chi connectivity index (χ3n) is 25.6. The molecule has 9 fully saturated rings. The van der Waals surface area contributed by atoms with E-state index in [1.54, 1.807) is 25.7 Å². The lowest BCUT2D eigenvalue weighted by atomic mass is 9.62. The van der Waals surface area contributed by atoms with E-state index in [1.165, 1.54) is 202 Å². The van der Waals surface area contributed by atoms with Crippen LogP contribution in [0.2, 0.25) is 0 Å². The van der Waals surface area contributed by atoms with E-state index in [9.17, 15) is 17.6 Å². The lowest BCUT2D eigenvalue weighted by Gasteiger charge is -2.44. The molecule has 101 heavy (non-hydrogen) atoms. The van der Waals surface area contributed by atoms with Crippen molar-refractivity contribution in [3.8, 4) is 0 Å². The predicted octanol–water partition coefficient (Wildman–Crippen LogP) is 35.2. The number of benzene rings is 2. The lowest BCUT2D eigenvalue weighted by molar-refractivity contribution is -0.0599. The summed E-state index contributed by atoms with van der Waals surface area (Å²) in [5.41, 5.74) is 10.8. The number of hydrogen-bond acceptors (Lipinski definition) is 0. The molecular weight excluding hydrogens is 1240 g/mol. The average molecular weight is 1420 g/mol. The fourth-order valence-corrected chi connectivity index (χ4v) is 16.7. The van der Waals surface area contributed by atoms with Gasteiger partial charge in [0.2, 0.25) is 11.8 Å². The van der Waals surface area contributed by atoms with Crippen LogP contribution in [0.3, 0.4) is 0 Å². The van der Waals surface area contributed by atoms with Gasteiger partial charge in [-0.15, -0.1) is 0 Å². The molecule has 0 bridgehead atoms. The maximum Gasteiger partial charge on any atom is 0.248 e. The van der Waals surface area contributed by atoms with Crippen LogP contribution in [0.15, 0.2) is 48.5 Å². The van der Waals surface area contributed by atoms with Gasteiger partial charge in [0.15, 0.2) is 0 Å². The second-order valence-corrected chi connectivity index (χ2v) is 41.6. The second kappa shape index (κ2) is 47.8. The normalized spacial score (nSPS) is 24.2. The summed E-state index contributed by atoms with van der Waals surface area (Å²) in [5, 5.41) is 0. The van der Waals surface area contributed by atoms with Crippen LogP contribution in [0.5, 0.6) is 0 Å². The minimum Gasteiger partial charge on any atom is -0.207 e. The number of aryl methyl sites for hydroxylation is 4. The molecule has 0 amide bonds. The molecule has 0 heterocycles. The summed E-state index contributed by atoms with van der Waals surface area (Å²) < 4.78 is 49.9. The van der Waals surface area contributed by atoms with Gasteiger partial charge >= 0.3 is 0 Å². The first-order valence-corrected chi connectivity index (χ1v) is 42.3. The molecule has 0 atom stereocenters. The summed E-state index contributed by atoms with van der Waals surface area (Å²) in [6, 6.07) is 16.8. The summed E-state index contributed by atoms with van der Waals surface area (Å²) in [7, 11) is 0. The molecule has 0 unspecified atom stereocenters. The highest BCUT2D eigenvalue weighted by Gasteiger charge is 2.40. The predicted molar refractivity (Wildman–Crippen MR) is 450 cm³/mol. The summed E-state index contributed by atoms with van der Waals surface area (Å²) in [6.07, 6.45) is 49.9. The Hall–Kier alpha value is -1.84. The van der Waals surface area contributed by atoms with Crippen LogP contribution in [0.4, 0.5) is 17.6 Å². The van der Waals surface area contributed by atoms with Crippen molar-refractivity contribution in [3.05, 3.63) is 70.8 Å². The van der Waals surface area contributed by atoms with Crippen LogP contribution in [-0.2, 0) is 0 Å². The molecule has 4 heteroatoms. The summed E-state index contributed by atoms with van der Waals surface area (Å²) in [4.78, 5) is 0. The van der Waals surface area contributed by atoms with Gasteiger partial charge in [-0.1, -0.05) is 343 Å². The van der Waals surface area contributed by atoms with Gasteiger partial charge in [-0.05, 0) is 239 Å². The van der Waals surface area contributed by atoms with Crippen molar-refractivity contribution in [1.82, 2.24) is 0 Å².